The van der Waals surface area contributed by atoms with Crippen molar-refractivity contribution in [2.24, 2.45) is 0 Å². The van der Waals surface area contributed by atoms with Crippen molar-refractivity contribution in [3.8, 4) is 11.4 Å². The maximum Gasteiger partial charge on any atom is 0.407 e. The van der Waals surface area contributed by atoms with Gasteiger partial charge in [0.15, 0.2) is 5.82 Å². The molecule has 3 aromatic rings. The number of hydrogen-bond acceptors (Lipinski definition) is 5. The Balaban J connectivity index is 1.87. The lowest BCUT2D eigenvalue weighted by Gasteiger charge is -2.17. The fourth-order valence-corrected chi connectivity index (χ4v) is 2.96. The van der Waals surface area contributed by atoms with E-state index < -0.39 is 6.09 Å². The van der Waals surface area contributed by atoms with Gasteiger partial charge in [0.1, 0.15) is 11.5 Å². The Morgan fingerprint density at radius 1 is 1.14 bits per heavy atom. The summed E-state index contributed by atoms with van der Waals surface area (Å²) >= 11 is 0. The number of amides is 1. The molecule has 7 heteroatoms. The highest BCUT2D eigenvalue weighted by Gasteiger charge is 2.17. The molecule has 0 saturated heterocycles. The fraction of sp³-hybridized carbons (Fsp3) is 0.381. The third-order valence-electron chi connectivity index (χ3n) is 4.46. The van der Waals surface area contributed by atoms with Crippen LogP contribution in [-0.4, -0.2) is 39.7 Å². The Labute approximate surface area is 164 Å². The molecule has 3 rings (SSSR count). The van der Waals surface area contributed by atoms with Gasteiger partial charge >= 0.3 is 6.09 Å². The number of aromatic nitrogens is 3. The van der Waals surface area contributed by atoms with Gasteiger partial charge in [-0.1, -0.05) is 30.3 Å². The van der Waals surface area contributed by atoms with Gasteiger partial charge < -0.3 is 20.4 Å². The van der Waals surface area contributed by atoms with E-state index in [1.165, 1.54) is 0 Å². The molecule has 28 heavy (non-hydrogen) atoms. The first kappa shape index (κ1) is 19.7. The highest BCUT2D eigenvalue weighted by atomic mass is 16.6. The van der Waals surface area contributed by atoms with Crippen molar-refractivity contribution in [3.05, 3.63) is 41.6 Å². The van der Waals surface area contributed by atoms with Crippen molar-refractivity contribution in [3.63, 3.8) is 0 Å². The number of alkyl carbamates (subject to hydrolysis) is 1. The lowest BCUT2D eigenvalue weighted by atomic mass is 10.1. The lowest BCUT2D eigenvalue weighted by Crippen LogP contribution is -2.36. The van der Waals surface area contributed by atoms with Crippen molar-refractivity contribution in [1.29, 1.82) is 0 Å². The molecule has 3 N–H and O–H groups in total. The minimum absolute atomic E-state index is 0.0453. The van der Waals surface area contributed by atoms with E-state index in [1.807, 2.05) is 65.0 Å². The maximum atomic E-state index is 11.7. The molecule has 0 saturated carbocycles. The molecule has 1 atom stereocenters. The third-order valence-corrected chi connectivity index (χ3v) is 4.46. The SMILES string of the molecule is Cc1[nH]c2nc(-c3ccccc3)nc(N[C@@H](C)CNC(=O)OC(C)C)c2c1C. The number of nitrogens with zero attached hydrogens (tertiary/aromatic N) is 2. The van der Waals surface area contributed by atoms with E-state index in [2.05, 4.69) is 15.6 Å². The predicted molar refractivity (Wildman–Crippen MR) is 112 cm³/mol. The topological polar surface area (TPSA) is 91.9 Å². The second-order valence-electron chi connectivity index (χ2n) is 7.24. The van der Waals surface area contributed by atoms with Gasteiger partial charge in [-0.2, -0.15) is 0 Å². The van der Waals surface area contributed by atoms with Gasteiger partial charge in [-0.3, -0.25) is 0 Å². The summed E-state index contributed by atoms with van der Waals surface area (Å²) in [6.45, 7) is 10.1. The zero-order valence-corrected chi connectivity index (χ0v) is 17.0. The first-order valence-electron chi connectivity index (χ1n) is 9.48. The van der Waals surface area contributed by atoms with Crippen molar-refractivity contribution >= 4 is 22.9 Å². The molecule has 2 aromatic heterocycles. The average molecular weight is 381 g/mol. The van der Waals surface area contributed by atoms with Gasteiger partial charge in [0, 0.05) is 23.8 Å². The van der Waals surface area contributed by atoms with E-state index in [0.29, 0.717) is 12.4 Å². The molecule has 0 aliphatic heterocycles. The number of carbonyl (C=O) groups excluding carboxylic acids is 1. The predicted octanol–water partition coefficient (Wildman–Crippen LogP) is 4.18. The van der Waals surface area contributed by atoms with E-state index in [1.54, 1.807) is 0 Å². The molecule has 0 spiro atoms. The van der Waals surface area contributed by atoms with Crippen molar-refractivity contribution in [2.45, 2.75) is 46.8 Å². The summed E-state index contributed by atoms with van der Waals surface area (Å²) in [5, 5.41) is 7.16. The van der Waals surface area contributed by atoms with Crippen LogP contribution in [-0.2, 0) is 4.74 Å². The van der Waals surface area contributed by atoms with Crippen LogP contribution in [0.4, 0.5) is 10.6 Å². The van der Waals surface area contributed by atoms with E-state index in [0.717, 1.165) is 33.7 Å². The summed E-state index contributed by atoms with van der Waals surface area (Å²) in [4.78, 5) is 24.5. The van der Waals surface area contributed by atoms with Gasteiger partial charge in [0.05, 0.1) is 11.5 Å². The van der Waals surface area contributed by atoms with Gasteiger partial charge in [-0.25, -0.2) is 14.8 Å². The third kappa shape index (κ3) is 4.42. The maximum absolute atomic E-state index is 11.7. The molecule has 0 aliphatic rings. The summed E-state index contributed by atoms with van der Waals surface area (Å²) in [5.41, 5.74) is 3.91. The molecule has 0 bridgehead atoms. The van der Waals surface area contributed by atoms with Crippen LogP contribution in [0.2, 0.25) is 0 Å². The van der Waals surface area contributed by atoms with E-state index in [9.17, 15) is 4.79 Å². The molecular formula is C21H27N5O2. The Morgan fingerprint density at radius 2 is 1.86 bits per heavy atom. The molecule has 0 aliphatic carbocycles. The number of benzene rings is 1. The number of ether oxygens (including phenoxy) is 1. The number of H-pyrrole nitrogens is 1. The Morgan fingerprint density at radius 3 is 2.54 bits per heavy atom. The quantitative estimate of drug-likeness (QED) is 0.596. The first-order chi connectivity index (χ1) is 13.3. The van der Waals surface area contributed by atoms with Crippen LogP contribution < -0.4 is 10.6 Å². The Kier molecular flexibility index (Phi) is 5.82. The highest BCUT2D eigenvalue weighted by molar-refractivity contribution is 5.92. The molecule has 0 unspecified atom stereocenters. The van der Waals surface area contributed by atoms with E-state index >= 15 is 0 Å². The zero-order valence-electron chi connectivity index (χ0n) is 17.0. The zero-order chi connectivity index (χ0) is 20.3. The number of carbonyl (C=O) groups is 1. The van der Waals surface area contributed by atoms with Gasteiger partial charge in [-0.05, 0) is 40.2 Å². The Hall–Kier alpha value is -3.09. The minimum Gasteiger partial charge on any atom is -0.447 e. The molecule has 7 nitrogen and oxygen atoms in total. The molecule has 1 aromatic carbocycles. The van der Waals surface area contributed by atoms with Crippen LogP contribution in [0.5, 0.6) is 0 Å². The van der Waals surface area contributed by atoms with Crippen molar-refractivity contribution < 1.29 is 9.53 Å². The standard InChI is InChI=1S/C21H27N5O2/c1-12(2)28-21(27)22-11-13(3)23-19-17-14(4)15(5)24-20(17)26-18(25-19)16-9-7-6-8-10-16/h6-10,12-13H,11H2,1-5H3,(H,22,27)(H2,23,24,25,26)/t13-/m0/s1. The van der Waals surface area contributed by atoms with E-state index in [-0.39, 0.29) is 12.1 Å². The van der Waals surface area contributed by atoms with Crippen molar-refractivity contribution in [2.75, 3.05) is 11.9 Å². The van der Waals surface area contributed by atoms with Crippen LogP contribution in [0.25, 0.3) is 22.4 Å². The van der Waals surface area contributed by atoms with Crippen molar-refractivity contribution in [1.82, 2.24) is 20.3 Å². The minimum atomic E-state index is -0.421. The second-order valence-corrected chi connectivity index (χ2v) is 7.24. The summed E-state index contributed by atoms with van der Waals surface area (Å²) in [6, 6.07) is 9.83. The number of anilines is 1. The summed E-state index contributed by atoms with van der Waals surface area (Å²) in [7, 11) is 0. The molecule has 2 heterocycles. The smallest absolute Gasteiger partial charge is 0.407 e. The summed E-state index contributed by atoms with van der Waals surface area (Å²) in [6.07, 6.45) is -0.571. The second kappa shape index (κ2) is 8.29. The van der Waals surface area contributed by atoms with Crippen LogP contribution in [0.15, 0.2) is 30.3 Å². The van der Waals surface area contributed by atoms with Crippen LogP contribution in [0, 0.1) is 13.8 Å². The Bertz CT molecular complexity index is 966. The normalized spacial score (nSPS) is 12.2. The highest BCUT2D eigenvalue weighted by Crippen LogP contribution is 2.29. The van der Waals surface area contributed by atoms with Gasteiger partial charge in [0.25, 0.3) is 0 Å². The lowest BCUT2D eigenvalue weighted by molar-refractivity contribution is 0.115. The number of rotatable bonds is 6. The molecule has 0 fully saturated rings. The number of nitrogens with one attached hydrogen (secondary N) is 3. The number of hydrogen-bond donors (Lipinski definition) is 3. The van der Waals surface area contributed by atoms with Crippen LogP contribution in [0.1, 0.15) is 32.0 Å². The number of aromatic amines is 1. The number of aryl methyl sites for hydroxylation is 2. The first-order valence-corrected chi connectivity index (χ1v) is 9.48. The molecule has 1 amide bonds. The molecular weight excluding hydrogens is 354 g/mol. The number of fused-ring (bicyclic) bond motifs is 1. The monoisotopic (exact) mass is 381 g/mol. The average Bonchev–Trinajstić information content (AvgIpc) is 2.94. The largest absolute Gasteiger partial charge is 0.447 e. The van der Waals surface area contributed by atoms with Crippen LogP contribution >= 0.6 is 0 Å². The van der Waals surface area contributed by atoms with Crippen LogP contribution in [0.3, 0.4) is 0 Å². The fourth-order valence-electron chi connectivity index (χ4n) is 2.96. The van der Waals surface area contributed by atoms with E-state index in [4.69, 9.17) is 14.7 Å². The van der Waals surface area contributed by atoms with Gasteiger partial charge in [-0.15, -0.1) is 0 Å². The summed E-state index contributed by atoms with van der Waals surface area (Å²) < 4.78 is 5.11. The molecule has 0 radical (unpaired) electrons. The summed E-state index contributed by atoms with van der Waals surface area (Å²) in [5.74, 6) is 1.40. The molecule has 148 valence electrons. The van der Waals surface area contributed by atoms with Gasteiger partial charge in [0.2, 0.25) is 0 Å².